The second-order valence-corrected chi connectivity index (χ2v) is 2.62. The molecular weight excluding hydrogens is 173 g/mol. The van der Waals surface area contributed by atoms with Crippen molar-refractivity contribution < 1.29 is 22.4 Å². The molecule has 0 aliphatic heterocycles. The Morgan fingerprint density at radius 3 is 2.40 bits per heavy atom. The number of nitrogens with one attached hydrogen (secondary N) is 1. The van der Waals surface area contributed by atoms with Gasteiger partial charge in [0.25, 0.3) is 0 Å². The highest BCUT2D eigenvalue weighted by Gasteiger charge is 2.06. The Labute approximate surface area is 73.6 Å². The van der Waals surface area contributed by atoms with Crippen LogP contribution in [0, 0.1) is 0 Å². The standard InChI is InChI=1S/C6H14ClNO.ClH/c1-3-6(9)4-8(2)5-7;/h6,9H,3-5H2,1-2H3;1H. The van der Waals surface area contributed by atoms with Crippen LogP contribution in [0.5, 0.6) is 0 Å². The van der Waals surface area contributed by atoms with Crippen molar-refractivity contribution in [2.75, 3.05) is 19.6 Å². The van der Waals surface area contributed by atoms with Crippen LogP contribution in [0.3, 0.4) is 0 Å². The lowest BCUT2D eigenvalue weighted by Crippen LogP contribution is -3.09. The fourth-order valence-electron chi connectivity index (χ4n) is 0.601. The van der Waals surface area contributed by atoms with E-state index in [0.717, 1.165) is 17.9 Å². The van der Waals surface area contributed by atoms with Gasteiger partial charge in [0, 0.05) is 0 Å². The second kappa shape index (κ2) is 7.61. The van der Waals surface area contributed by atoms with Crippen molar-refractivity contribution in [1.82, 2.24) is 0 Å². The second-order valence-electron chi connectivity index (χ2n) is 2.36. The maximum atomic E-state index is 9.08. The van der Waals surface area contributed by atoms with Gasteiger partial charge in [-0.2, -0.15) is 0 Å². The number of aliphatic hydroxyl groups is 1. The topological polar surface area (TPSA) is 24.7 Å². The lowest BCUT2D eigenvalue weighted by atomic mass is 10.3. The molecule has 0 rings (SSSR count). The first-order valence-corrected chi connectivity index (χ1v) is 3.79. The first-order valence-electron chi connectivity index (χ1n) is 3.26. The SMILES string of the molecule is CCC(O)C[NH+](C)CCl.[Cl-]. The van der Waals surface area contributed by atoms with Gasteiger partial charge < -0.3 is 22.4 Å². The molecule has 0 radical (unpaired) electrons. The maximum Gasteiger partial charge on any atom is 0.153 e. The summed E-state index contributed by atoms with van der Waals surface area (Å²) in [5, 5.41) is 9.08. The molecule has 0 saturated carbocycles. The van der Waals surface area contributed by atoms with Gasteiger partial charge in [-0.15, -0.1) is 0 Å². The van der Waals surface area contributed by atoms with Gasteiger partial charge in [0.1, 0.15) is 12.6 Å². The van der Waals surface area contributed by atoms with E-state index < -0.39 is 0 Å². The van der Waals surface area contributed by atoms with Crippen LogP contribution < -0.4 is 17.3 Å². The number of halogens is 2. The van der Waals surface area contributed by atoms with Crippen LogP contribution in [0.1, 0.15) is 13.3 Å². The fourth-order valence-corrected chi connectivity index (χ4v) is 0.710. The summed E-state index contributed by atoms with van der Waals surface area (Å²) < 4.78 is 0. The smallest absolute Gasteiger partial charge is 0.153 e. The molecule has 0 aliphatic carbocycles. The van der Waals surface area contributed by atoms with E-state index in [1.54, 1.807) is 0 Å². The third kappa shape index (κ3) is 6.62. The van der Waals surface area contributed by atoms with Crippen molar-refractivity contribution in [3.8, 4) is 0 Å². The Balaban J connectivity index is 0. The monoisotopic (exact) mass is 187 g/mol. The Kier molecular flexibility index (Phi) is 9.97. The molecule has 2 N–H and O–H groups in total. The van der Waals surface area contributed by atoms with E-state index in [1.165, 1.54) is 0 Å². The summed E-state index contributed by atoms with van der Waals surface area (Å²) in [5.41, 5.74) is 0. The third-order valence-corrected chi connectivity index (χ3v) is 1.74. The predicted molar refractivity (Wildman–Crippen MR) is 38.8 cm³/mol. The number of rotatable bonds is 4. The molecule has 2 atom stereocenters. The van der Waals surface area contributed by atoms with E-state index in [4.69, 9.17) is 16.7 Å². The lowest BCUT2D eigenvalue weighted by molar-refractivity contribution is -0.871. The molecule has 0 aromatic heterocycles. The van der Waals surface area contributed by atoms with Crippen LogP contribution in [0.25, 0.3) is 0 Å². The molecule has 0 bridgehead atoms. The largest absolute Gasteiger partial charge is 1.00 e. The molecule has 2 nitrogen and oxygen atoms in total. The Hall–Kier alpha value is 0.500. The number of aliphatic hydroxyl groups excluding tert-OH is 1. The molecule has 10 heavy (non-hydrogen) atoms. The number of likely N-dealkylation sites (N-methyl/N-ethyl adjacent to an activating group) is 1. The third-order valence-electron chi connectivity index (χ3n) is 1.28. The first kappa shape index (κ1) is 13.1. The van der Waals surface area contributed by atoms with Crippen LogP contribution in [-0.2, 0) is 0 Å². The van der Waals surface area contributed by atoms with Gasteiger partial charge >= 0.3 is 0 Å². The van der Waals surface area contributed by atoms with Crippen LogP contribution in [0.4, 0.5) is 0 Å². The van der Waals surface area contributed by atoms with E-state index in [2.05, 4.69) is 0 Å². The number of hydrogen-bond acceptors (Lipinski definition) is 1. The molecule has 64 valence electrons. The van der Waals surface area contributed by atoms with Gasteiger partial charge in [-0.3, -0.25) is 0 Å². The Morgan fingerprint density at radius 2 is 2.10 bits per heavy atom. The van der Waals surface area contributed by atoms with E-state index in [9.17, 15) is 0 Å². The number of quaternary nitrogens is 1. The summed E-state index contributed by atoms with van der Waals surface area (Å²) >= 11 is 5.50. The van der Waals surface area contributed by atoms with Gasteiger partial charge in [-0.1, -0.05) is 18.5 Å². The first-order chi connectivity index (χ1) is 4.20. The molecule has 4 heteroatoms. The molecule has 0 heterocycles. The summed E-state index contributed by atoms with van der Waals surface area (Å²) in [7, 11) is 1.96. The molecule has 2 unspecified atom stereocenters. The van der Waals surface area contributed by atoms with E-state index in [1.807, 2.05) is 14.0 Å². The van der Waals surface area contributed by atoms with Crippen LogP contribution in [0.2, 0.25) is 0 Å². The molecule has 0 spiro atoms. The van der Waals surface area contributed by atoms with Crippen molar-refractivity contribution in [2.24, 2.45) is 0 Å². The normalized spacial score (nSPS) is 15.6. The van der Waals surface area contributed by atoms with Crippen LogP contribution in [-0.4, -0.2) is 30.8 Å². The quantitative estimate of drug-likeness (QED) is 0.347. The fraction of sp³-hybridized carbons (Fsp3) is 1.00. The van der Waals surface area contributed by atoms with Gasteiger partial charge in [0.2, 0.25) is 0 Å². The molecule has 0 saturated heterocycles. The lowest BCUT2D eigenvalue weighted by Gasteiger charge is -2.13. The summed E-state index contributed by atoms with van der Waals surface area (Å²) in [6.07, 6.45) is 0.623. The molecule has 0 amide bonds. The van der Waals surface area contributed by atoms with Crippen molar-refractivity contribution in [2.45, 2.75) is 19.4 Å². The molecule has 0 aliphatic rings. The van der Waals surface area contributed by atoms with Crippen molar-refractivity contribution in [3.63, 3.8) is 0 Å². The molecule has 0 aromatic rings. The zero-order chi connectivity index (χ0) is 7.28. The molecule has 0 aromatic carbocycles. The Bertz CT molecular complexity index is 64.8. The van der Waals surface area contributed by atoms with E-state index in [0.29, 0.717) is 6.00 Å². The average Bonchev–Trinajstić information content (AvgIpc) is 1.87. The summed E-state index contributed by atoms with van der Waals surface area (Å²) in [6, 6.07) is 0.567. The summed E-state index contributed by atoms with van der Waals surface area (Å²) in [6.45, 7) is 2.71. The highest BCUT2D eigenvalue weighted by Crippen LogP contribution is 1.82. The van der Waals surface area contributed by atoms with E-state index in [-0.39, 0.29) is 18.5 Å². The van der Waals surface area contributed by atoms with Gasteiger partial charge in [0.05, 0.1) is 7.05 Å². The molecular formula is C6H15Cl2NO. The number of alkyl halides is 1. The minimum absolute atomic E-state index is 0. The van der Waals surface area contributed by atoms with Crippen LogP contribution >= 0.6 is 11.6 Å². The highest BCUT2D eigenvalue weighted by atomic mass is 35.5. The zero-order valence-electron chi connectivity index (χ0n) is 6.40. The predicted octanol–water partition coefficient (Wildman–Crippen LogP) is -3.53. The summed E-state index contributed by atoms with van der Waals surface area (Å²) in [5.74, 6) is 0. The van der Waals surface area contributed by atoms with Gasteiger partial charge in [0.15, 0.2) is 6.00 Å². The maximum absolute atomic E-state index is 9.08. The zero-order valence-corrected chi connectivity index (χ0v) is 7.91. The van der Waals surface area contributed by atoms with Gasteiger partial charge in [-0.25, -0.2) is 0 Å². The average molecular weight is 188 g/mol. The van der Waals surface area contributed by atoms with Crippen molar-refractivity contribution >= 4 is 11.6 Å². The minimum atomic E-state index is -0.191. The van der Waals surface area contributed by atoms with Crippen LogP contribution in [0.15, 0.2) is 0 Å². The minimum Gasteiger partial charge on any atom is -1.00 e. The highest BCUT2D eigenvalue weighted by molar-refractivity contribution is 6.16. The number of hydrogen-bond donors (Lipinski definition) is 2. The van der Waals surface area contributed by atoms with E-state index >= 15 is 0 Å². The van der Waals surface area contributed by atoms with Gasteiger partial charge in [-0.05, 0) is 6.42 Å². The summed E-state index contributed by atoms with van der Waals surface area (Å²) in [4.78, 5) is 1.16. The Morgan fingerprint density at radius 1 is 1.60 bits per heavy atom. The molecule has 0 fully saturated rings. The van der Waals surface area contributed by atoms with Crippen molar-refractivity contribution in [1.29, 1.82) is 0 Å². The van der Waals surface area contributed by atoms with Crippen molar-refractivity contribution in [3.05, 3.63) is 0 Å².